The van der Waals surface area contributed by atoms with Gasteiger partial charge in [-0.15, -0.1) is 0 Å². The van der Waals surface area contributed by atoms with Crippen LogP contribution in [0.15, 0.2) is 18.3 Å². The molecule has 1 unspecified atom stereocenters. The summed E-state index contributed by atoms with van der Waals surface area (Å²) in [6, 6.07) is 3.40. The predicted octanol–water partition coefficient (Wildman–Crippen LogP) is 1.47. The molecular weight excluding hydrogens is 244 g/mol. The molecule has 5 nitrogen and oxygen atoms in total. The third-order valence-electron chi connectivity index (χ3n) is 3.54. The van der Waals surface area contributed by atoms with Crippen molar-refractivity contribution < 1.29 is 14.6 Å². The summed E-state index contributed by atoms with van der Waals surface area (Å²) >= 11 is 0. The first-order chi connectivity index (χ1) is 9.02. The van der Waals surface area contributed by atoms with Crippen molar-refractivity contribution in [1.82, 2.24) is 9.88 Å². The summed E-state index contributed by atoms with van der Waals surface area (Å²) < 4.78 is 4.97. The maximum Gasteiger partial charge on any atom is 0.255 e. The van der Waals surface area contributed by atoms with E-state index in [4.69, 9.17) is 4.74 Å². The van der Waals surface area contributed by atoms with E-state index >= 15 is 0 Å². The lowest BCUT2D eigenvalue weighted by atomic mass is 9.98. The molecular formula is C14H20N2O3. The van der Waals surface area contributed by atoms with Gasteiger partial charge in [0.25, 0.3) is 5.91 Å². The van der Waals surface area contributed by atoms with Gasteiger partial charge in [0.1, 0.15) is 0 Å². The van der Waals surface area contributed by atoms with Gasteiger partial charge in [-0.1, -0.05) is 0 Å². The second-order valence-electron chi connectivity index (χ2n) is 5.23. The van der Waals surface area contributed by atoms with Gasteiger partial charge < -0.3 is 14.7 Å². The van der Waals surface area contributed by atoms with Crippen molar-refractivity contribution >= 4 is 5.91 Å². The van der Waals surface area contributed by atoms with E-state index in [1.165, 1.54) is 6.20 Å². The van der Waals surface area contributed by atoms with Crippen LogP contribution in [0, 0.1) is 0 Å². The highest BCUT2D eigenvalue weighted by molar-refractivity contribution is 5.94. The van der Waals surface area contributed by atoms with Crippen LogP contribution < -0.4 is 4.74 Å². The highest BCUT2D eigenvalue weighted by Gasteiger charge is 2.27. The zero-order valence-electron chi connectivity index (χ0n) is 11.4. The van der Waals surface area contributed by atoms with Crippen molar-refractivity contribution in [2.75, 3.05) is 20.2 Å². The second-order valence-corrected chi connectivity index (χ2v) is 5.23. The smallest absolute Gasteiger partial charge is 0.255 e. The van der Waals surface area contributed by atoms with E-state index in [9.17, 15) is 9.90 Å². The Labute approximate surface area is 113 Å². The van der Waals surface area contributed by atoms with Crippen molar-refractivity contribution in [3.8, 4) is 5.88 Å². The maximum atomic E-state index is 12.3. The van der Waals surface area contributed by atoms with Crippen LogP contribution in [0.1, 0.15) is 36.5 Å². The average Bonchev–Trinajstić information content (AvgIpc) is 2.59. The minimum atomic E-state index is -0.660. The third kappa shape index (κ3) is 3.44. The number of pyridine rings is 1. The van der Waals surface area contributed by atoms with Crippen LogP contribution in [0.3, 0.4) is 0 Å². The minimum Gasteiger partial charge on any atom is -0.481 e. The average molecular weight is 264 g/mol. The van der Waals surface area contributed by atoms with Crippen LogP contribution in [0.25, 0.3) is 0 Å². The number of hydrogen-bond acceptors (Lipinski definition) is 4. The molecule has 1 saturated heterocycles. The van der Waals surface area contributed by atoms with Gasteiger partial charge in [0.15, 0.2) is 0 Å². The molecule has 1 atom stereocenters. The molecule has 2 rings (SSSR count). The van der Waals surface area contributed by atoms with Crippen LogP contribution in [0.4, 0.5) is 0 Å². The predicted molar refractivity (Wildman–Crippen MR) is 71.2 cm³/mol. The van der Waals surface area contributed by atoms with Crippen LogP contribution in [0.5, 0.6) is 5.88 Å². The highest BCUT2D eigenvalue weighted by atomic mass is 16.5. The number of hydrogen-bond donors (Lipinski definition) is 1. The molecule has 0 radical (unpaired) electrons. The van der Waals surface area contributed by atoms with Crippen LogP contribution in [-0.2, 0) is 0 Å². The summed E-state index contributed by atoms with van der Waals surface area (Å²) in [5.74, 6) is 0.461. The molecule has 0 aromatic carbocycles. The molecule has 1 N–H and O–H groups in total. The Hall–Kier alpha value is -1.62. The Morgan fingerprint density at radius 2 is 2.21 bits per heavy atom. The van der Waals surface area contributed by atoms with Gasteiger partial charge in [0, 0.05) is 25.4 Å². The largest absolute Gasteiger partial charge is 0.481 e. The lowest BCUT2D eigenvalue weighted by molar-refractivity contribution is 0.0438. The molecule has 19 heavy (non-hydrogen) atoms. The molecule has 2 heterocycles. The molecule has 104 valence electrons. The van der Waals surface area contributed by atoms with E-state index in [0.717, 1.165) is 12.8 Å². The van der Waals surface area contributed by atoms with E-state index in [0.29, 0.717) is 31.0 Å². The zero-order valence-corrected chi connectivity index (χ0v) is 11.4. The van der Waals surface area contributed by atoms with E-state index in [1.807, 2.05) is 6.92 Å². The molecule has 0 bridgehead atoms. The molecule has 0 aliphatic carbocycles. The van der Waals surface area contributed by atoms with E-state index in [-0.39, 0.29) is 5.91 Å². The zero-order chi connectivity index (χ0) is 13.9. The van der Waals surface area contributed by atoms with Crippen molar-refractivity contribution in [3.05, 3.63) is 23.9 Å². The summed E-state index contributed by atoms with van der Waals surface area (Å²) in [6.07, 6.45) is 3.70. The molecule has 1 amide bonds. The molecule has 1 aromatic rings. The minimum absolute atomic E-state index is 0.0344. The van der Waals surface area contributed by atoms with Crippen molar-refractivity contribution in [3.63, 3.8) is 0 Å². The normalized spacial score (nSPS) is 23.8. The fraction of sp³-hybridized carbons (Fsp3) is 0.571. The first-order valence-electron chi connectivity index (χ1n) is 6.53. The molecule has 0 saturated carbocycles. The number of rotatable bonds is 2. The topological polar surface area (TPSA) is 62.7 Å². The standard InChI is InChI=1S/C14H20N2O3/c1-14(18)6-3-8-16(9-7-14)13(17)11-4-5-12(19-2)15-10-11/h4-5,10,18H,3,6-9H2,1-2H3. The number of amides is 1. The number of nitrogens with zero attached hydrogens (tertiary/aromatic N) is 2. The number of methoxy groups -OCH3 is 1. The van der Waals surface area contributed by atoms with Gasteiger partial charge in [-0.05, 0) is 32.3 Å². The molecule has 0 spiro atoms. The number of aliphatic hydroxyl groups is 1. The van der Waals surface area contributed by atoms with Gasteiger partial charge in [0.2, 0.25) is 5.88 Å². The molecule has 1 aliphatic rings. The number of aromatic nitrogens is 1. The van der Waals surface area contributed by atoms with Gasteiger partial charge in [-0.25, -0.2) is 4.98 Å². The first-order valence-corrected chi connectivity index (χ1v) is 6.53. The maximum absolute atomic E-state index is 12.3. The number of likely N-dealkylation sites (tertiary alicyclic amines) is 1. The van der Waals surface area contributed by atoms with Gasteiger partial charge in [-0.2, -0.15) is 0 Å². The summed E-state index contributed by atoms with van der Waals surface area (Å²) in [5.41, 5.74) is -0.102. The SMILES string of the molecule is COc1ccc(C(=O)N2CCCC(C)(O)CC2)cn1. The second kappa shape index (κ2) is 5.57. The summed E-state index contributed by atoms with van der Waals surface area (Å²) in [5, 5.41) is 10.0. The summed E-state index contributed by atoms with van der Waals surface area (Å²) in [4.78, 5) is 18.2. The number of carbonyl (C=O) groups excluding carboxylic acids is 1. The van der Waals surface area contributed by atoms with Crippen molar-refractivity contribution in [2.45, 2.75) is 31.8 Å². The highest BCUT2D eigenvalue weighted by Crippen LogP contribution is 2.22. The summed E-state index contributed by atoms with van der Waals surface area (Å²) in [7, 11) is 1.54. The van der Waals surface area contributed by atoms with Crippen LogP contribution in [0.2, 0.25) is 0 Å². The molecule has 5 heteroatoms. The Morgan fingerprint density at radius 3 is 2.84 bits per heavy atom. The Morgan fingerprint density at radius 1 is 1.42 bits per heavy atom. The Kier molecular flexibility index (Phi) is 4.04. The quantitative estimate of drug-likeness (QED) is 0.878. The van der Waals surface area contributed by atoms with E-state index in [2.05, 4.69) is 4.98 Å². The fourth-order valence-electron chi connectivity index (χ4n) is 2.28. The van der Waals surface area contributed by atoms with Gasteiger partial charge in [0.05, 0.1) is 18.3 Å². The fourth-order valence-corrected chi connectivity index (χ4v) is 2.28. The molecule has 1 fully saturated rings. The van der Waals surface area contributed by atoms with Gasteiger partial charge in [-0.3, -0.25) is 4.79 Å². The van der Waals surface area contributed by atoms with E-state index in [1.54, 1.807) is 24.1 Å². The third-order valence-corrected chi connectivity index (χ3v) is 3.54. The lowest BCUT2D eigenvalue weighted by Crippen LogP contribution is -2.33. The lowest BCUT2D eigenvalue weighted by Gasteiger charge is -2.22. The number of carbonyl (C=O) groups is 1. The Bertz CT molecular complexity index is 443. The Balaban J connectivity index is 2.06. The van der Waals surface area contributed by atoms with Crippen LogP contribution >= 0.6 is 0 Å². The first kappa shape index (κ1) is 13.8. The van der Waals surface area contributed by atoms with Crippen LogP contribution in [-0.4, -0.2) is 46.7 Å². The molecule has 1 aliphatic heterocycles. The van der Waals surface area contributed by atoms with Crippen molar-refractivity contribution in [1.29, 1.82) is 0 Å². The monoisotopic (exact) mass is 264 g/mol. The van der Waals surface area contributed by atoms with Crippen molar-refractivity contribution in [2.24, 2.45) is 0 Å². The number of ether oxygens (including phenoxy) is 1. The molecule has 1 aromatic heterocycles. The van der Waals surface area contributed by atoms with E-state index < -0.39 is 5.60 Å². The summed E-state index contributed by atoms with van der Waals surface area (Å²) in [6.45, 7) is 3.09. The van der Waals surface area contributed by atoms with Gasteiger partial charge >= 0.3 is 0 Å².